The number of aromatic nitrogens is 2. The Kier molecular flexibility index (Phi) is 8.48. The Bertz CT molecular complexity index is 1390. The molecule has 198 valence electrons. The fraction of sp³-hybridized carbons (Fsp3) is 0.200. The highest BCUT2D eigenvalue weighted by molar-refractivity contribution is 7.99. The van der Waals surface area contributed by atoms with E-state index in [1.54, 1.807) is 52.5 Å². The van der Waals surface area contributed by atoms with Crippen molar-refractivity contribution in [1.29, 1.82) is 0 Å². The number of halogens is 1. The molecule has 1 aliphatic rings. The van der Waals surface area contributed by atoms with Gasteiger partial charge in [0.25, 0.3) is 0 Å². The van der Waals surface area contributed by atoms with Crippen LogP contribution in [0.1, 0.15) is 18.4 Å². The van der Waals surface area contributed by atoms with E-state index < -0.39 is 6.04 Å². The molecule has 0 aliphatic carbocycles. The summed E-state index contributed by atoms with van der Waals surface area (Å²) in [7, 11) is 0. The Morgan fingerprint density at radius 2 is 1.59 bits per heavy atom. The van der Waals surface area contributed by atoms with Gasteiger partial charge in [0, 0.05) is 24.6 Å². The summed E-state index contributed by atoms with van der Waals surface area (Å²) in [6.07, 6.45) is 4.64. The Morgan fingerprint density at radius 3 is 2.28 bits per heavy atom. The molecule has 3 aromatic carbocycles. The van der Waals surface area contributed by atoms with Crippen LogP contribution in [0, 0.1) is 5.82 Å². The zero-order chi connectivity index (χ0) is 27.0. The van der Waals surface area contributed by atoms with Crippen LogP contribution < -0.4 is 9.64 Å². The summed E-state index contributed by atoms with van der Waals surface area (Å²) in [6, 6.07) is 23.9. The van der Waals surface area contributed by atoms with Crippen LogP contribution in [0.2, 0.25) is 0 Å². The lowest BCUT2D eigenvalue weighted by molar-refractivity contribution is -0.135. The van der Waals surface area contributed by atoms with Gasteiger partial charge in [0.2, 0.25) is 11.8 Å². The van der Waals surface area contributed by atoms with Crippen LogP contribution in [-0.2, 0) is 16.1 Å². The van der Waals surface area contributed by atoms with Gasteiger partial charge in [-0.25, -0.2) is 14.4 Å². The van der Waals surface area contributed by atoms with Crippen LogP contribution in [0.5, 0.6) is 11.5 Å². The van der Waals surface area contributed by atoms with Crippen molar-refractivity contribution in [2.24, 2.45) is 0 Å². The molecule has 0 saturated carbocycles. The zero-order valence-corrected chi connectivity index (χ0v) is 22.0. The second kappa shape index (κ2) is 12.5. The second-order valence-electron chi connectivity index (χ2n) is 9.03. The maximum Gasteiger partial charge on any atom is 0.250 e. The molecule has 2 heterocycles. The Balaban J connectivity index is 1.33. The van der Waals surface area contributed by atoms with Crippen molar-refractivity contribution in [1.82, 2.24) is 14.9 Å². The first-order valence-electron chi connectivity index (χ1n) is 12.6. The summed E-state index contributed by atoms with van der Waals surface area (Å²) >= 11 is 1.27. The molecule has 5 rings (SSSR count). The molecule has 0 spiro atoms. The van der Waals surface area contributed by atoms with E-state index in [-0.39, 0.29) is 23.4 Å². The molecule has 2 amide bonds. The lowest BCUT2D eigenvalue weighted by Gasteiger charge is -2.30. The van der Waals surface area contributed by atoms with E-state index in [2.05, 4.69) is 9.97 Å². The minimum Gasteiger partial charge on any atom is -0.457 e. The number of thioether (sulfide) groups is 1. The topological polar surface area (TPSA) is 75.6 Å². The first-order chi connectivity index (χ1) is 19.1. The molecule has 39 heavy (non-hydrogen) atoms. The summed E-state index contributed by atoms with van der Waals surface area (Å²) in [6.45, 7) is 0.901. The minimum absolute atomic E-state index is 0.106. The van der Waals surface area contributed by atoms with Crippen molar-refractivity contribution in [2.45, 2.75) is 30.6 Å². The summed E-state index contributed by atoms with van der Waals surface area (Å²) in [4.78, 5) is 38.8. The average Bonchev–Trinajstić information content (AvgIpc) is 3.47. The van der Waals surface area contributed by atoms with E-state index in [9.17, 15) is 14.0 Å². The summed E-state index contributed by atoms with van der Waals surface area (Å²) in [5.41, 5.74) is 1.67. The van der Waals surface area contributed by atoms with Crippen LogP contribution in [0.3, 0.4) is 0 Å². The number of nitrogens with zero attached hydrogens (tertiary/aromatic N) is 4. The van der Waals surface area contributed by atoms with Gasteiger partial charge >= 0.3 is 0 Å². The van der Waals surface area contributed by atoms with Crippen LogP contribution in [0.15, 0.2) is 102 Å². The van der Waals surface area contributed by atoms with Gasteiger partial charge < -0.3 is 14.5 Å². The van der Waals surface area contributed by atoms with Crippen molar-refractivity contribution >= 4 is 29.3 Å². The Labute approximate surface area is 230 Å². The molecule has 7 nitrogen and oxygen atoms in total. The maximum absolute atomic E-state index is 14.0. The van der Waals surface area contributed by atoms with E-state index in [0.29, 0.717) is 41.9 Å². The maximum atomic E-state index is 14.0. The van der Waals surface area contributed by atoms with Crippen molar-refractivity contribution in [3.8, 4) is 11.5 Å². The predicted molar refractivity (Wildman–Crippen MR) is 148 cm³/mol. The van der Waals surface area contributed by atoms with Crippen LogP contribution in [-0.4, -0.2) is 45.0 Å². The number of amides is 2. The van der Waals surface area contributed by atoms with Gasteiger partial charge in [0.15, 0.2) is 5.16 Å². The number of carbonyl (C=O) groups is 2. The molecule has 1 aromatic heterocycles. The fourth-order valence-corrected chi connectivity index (χ4v) is 5.16. The van der Waals surface area contributed by atoms with Crippen LogP contribution >= 0.6 is 11.8 Å². The van der Waals surface area contributed by atoms with E-state index in [1.807, 2.05) is 42.5 Å². The number of hydrogen-bond donors (Lipinski definition) is 0. The molecule has 0 bridgehead atoms. The van der Waals surface area contributed by atoms with Gasteiger partial charge in [-0.15, -0.1) is 0 Å². The number of ether oxygens (including phenoxy) is 1. The SMILES string of the molecule is O=C(C1CCCN1C(=O)CSc1ncccn1)N(Cc1ccccc1)c1ccc(Oc2ccc(F)cc2)cc1. The normalized spacial score (nSPS) is 14.7. The van der Waals surface area contributed by atoms with Gasteiger partial charge in [-0.1, -0.05) is 42.1 Å². The third-order valence-corrected chi connectivity index (χ3v) is 7.23. The van der Waals surface area contributed by atoms with Crippen molar-refractivity contribution in [3.05, 3.63) is 109 Å². The Morgan fingerprint density at radius 1 is 0.923 bits per heavy atom. The fourth-order valence-electron chi connectivity index (χ4n) is 4.47. The van der Waals surface area contributed by atoms with E-state index in [4.69, 9.17) is 4.74 Å². The molecule has 1 atom stereocenters. The first kappa shape index (κ1) is 26.4. The van der Waals surface area contributed by atoms with Gasteiger partial charge in [-0.05, 0) is 73.0 Å². The molecule has 9 heteroatoms. The molecular weight excluding hydrogens is 515 g/mol. The lowest BCUT2D eigenvalue weighted by atomic mass is 10.1. The predicted octanol–water partition coefficient (Wildman–Crippen LogP) is 5.72. The third kappa shape index (κ3) is 6.80. The molecule has 1 saturated heterocycles. The first-order valence-corrected chi connectivity index (χ1v) is 13.6. The Hall–Kier alpha value is -4.24. The number of anilines is 1. The second-order valence-corrected chi connectivity index (χ2v) is 9.97. The zero-order valence-electron chi connectivity index (χ0n) is 21.2. The van der Waals surface area contributed by atoms with E-state index in [1.165, 1.54) is 23.9 Å². The number of benzene rings is 3. The summed E-state index contributed by atoms with van der Waals surface area (Å²) < 4.78 is 19.0. The third-order valence-electron chi connectivity index (χ3n) is 6.37. The average molecular weight is 543 g/mol. The quantitative estimate of drug-likeness (QED) is 0.199. The number of rotatable bonds is 9. The van der Waals surface area contributed by atoms with E-state index in [0.717, 1.165) is 12.0 Å². The number of carbonyl (C=O) groups excluding carboxylic acids is 2. The van der Waals surface area contributed by atoms with E-state index >= 15 is 0 Å². The van der Waals surface area contributed by atoms with Crippen LogP contribution in [0.25, 0.3) is 0 Å². The standard InChI is InChI=1S/C30H27FN4O3S/c31-23-9-13-25(14-10-23)38-26-15-11-24(12-16-26)35(20-22-6-2-1-3-7-22)29(37)27-8-4-19-34(27)28(36)21-39-30-32-17-5-18-33-30/h1-3,5-7,9-18,27H,4,8,19-21H2. The number of hydrogen-bond acceptors (Lipinski definition) is 6. The van der Waals surface area contributed by atoms with Crippen molar-refractivity contribution in [2.75, 3.05) is 17.2 Å². The monoisotopic (exact) mass is 542 g/mol. The van der Waals surface area contributed by atoms with Crippen LogP contribution in [0.4, 0.5) is 10.1 Å². The molecule has 4 aromatic rings. The molecule has 0 radical (unpaired) electrons. The lowest BCUT2D eigenvalue weighted by Crippen LogP contribution is -2.48. The smallest absolute Gasteiger partial charge is 0.250 e. The highest BCUT2D eigenvalue weighted by atomic mass is 32.2. The van der Waals surface area contributed by atoms with Gasteiger partial charge in [0.1, 0.15) is 23.4 Å². The highest BCUT2D eigenvalue weighted by Crippen LogP contribution is 2.29. The van der Waals surface area contributed by atoms with Gasteiger partial charge in [-0.2, -0.15) is 0 Å². The summed E-state index contributed by atoms with van der Waals surface area (Å²) in [5.74, 6) is 0.681. The minimum atomic E-state index is -0.548. The molecule has 1 fully saturated rings. The largest absolute Gasteiger partial charge is 0.457 e. The van der Waals surface area contributed by atoms with Crippen molar-refractivity contribution < 1.29 is 18.7 Å². The summed E-state index contributed by atoms with van der Waals surface area (Å²) in [5, 5.41) is 0.529. The molecular formula is C30H27FN4O3S. The molecule has 0 N–H and O–H groups in total. The van der Waals surface area contributed by atoms with Crippen molar-refractivity contribution in [3.63, 3.8) is 0 Å². The molecule has 1 aliphatic heterocycles. The highest BCUT2D eigenvalue weighted by Gasteiger charge is 2.37. The molecule has 1 unspecified atom stereocenters. The number of likely N-dealkylation sites (tertiary alicyclic amines) is 1. The van der Waals surface area contributed by atoms with Gasteiger partial charge in [0.05, 0.1) is 12.3 Å². The van der Waals surface area contributed by atoms with Gasteiger partial charge in [-0.3, -0.25) is 9.59 Å².